The smallest absolute Gasteiger partial charge is 0.286 e. The number of nitrogens with one attached hydrogen (secondary N) is 1. The van der Waals surface area contributed by atoms with Gasteiger partial charge in [0.05, 0.1) is 27.2 Å². The van der Waals surface area contributed by atoms with Crippen molar-refractivity contribution in [2.24, 2.45) is 11.4 Å². The monoisotopic (exact) mass is 347 g/mol. The summed E-state index contributed by atoms with van der Waals surface area (Å²) < 4.78 is 19.0. The second kappa shape index (κ2) is 5.63. The lowest BCUT2D eigenvalue weighted by Crippen LogP contribution is -2.49. The van der Waals surface area contributed by atoms with E-state index < -0.39 is 15.6 Å². The Morgan fingerprint density at radius 2 is 2.21 bits per heavy atom. The first kappa shape index (κ1) is 15.7. The summed E-state index contributed by atoms with van der Waals surface area (Å²) in [5.41, 5.74) is 1.00. The number of rotatable bonds is 1. The summed E-state index contributed by atoms with van der Waals surface area (Å²) in [5.74, 6) is 0.548. The summed E-state index contributed by atoms with van der Waals surface area (Å²) >= 11 is 0. The van der Waals surface area contributed by atoms with Crippen molar-refractivity contribution >= 4 is 26.7 Å². The number of hydrogen-bond donors (Lipinski definition) is 1. The van der Waals surface area contributed by atoms with Crippen molar-refractivity contribution < 1.29 is 9.00 Å². The molecule has 2 fully saturated rings. The quantitative estimate of drug-likeness (QED) is 0.844. The predicted octanol–water partition coefficient (Wildman–Crippen LogP) is 1.49. The number of amides is 1. The fourth-order valence-corrected chi connectivity index (χ4v) is 6.42. The summed E-state index contributed by atoms with van der Waals surface area (Å²) in [6, 6.07) is 1.72. The van der Waals surface area contributed by atoms with Gasteiger partial charge in [0.1, 0.15) is 0 Å². The molecule has 1 spiro atoms. The zero-order valence-electron chi connectivity index (χ0n) is 13.7. The van der Waals surface area contributed by atoms with E-state index in [1.54, 1.807) is 24.0 Å². The summed E-state index contributed by atoms with van der Waals surface area (Å²) in [7, 11) is -0.713. The Balaban J connectivity index is 1.65. The molecule has 0 aromatic carbocycles. The fraction of sp³-hybridized carbons (Fsp3) is 0.562. The fourth-order valence-electron chi connectivity index (χ4n) is 3.86. The number of fused-ring (bicyclic) bond motifs is 1. The molecule has 1 amide bonds. The minimum absolute atomic E-state index is 0.0787. The summed E-state index contributed by atoms with van der Waals surface area (Å²) in [5, 5.41) is 8.40. The topological polar surface area (TPSA) is 89.2 Å². The zero-order valence-corrected chi connectivity index (χ0v) is 14.5. The average molecular weight is 347 g/mol. The average Bonchev–Trinajstić information content (AvgIpc) is 3.14. The van der Waals surface area contributed by atoms with Crippen LogP contribution in [0, 0.1) is 0 Å². The van der Waals surface area contributed by atoms with E-state index >= 15 is 0 Å². The van der Waals surface area contributed by atoms with Crippen molar-refractivity contribution in [1.82, 2.24) is 20.1 Å². The van der Waals surface area contributed by atoms with E-state index in [0.717, 1.165) is 37.6 Å². The van der Waals surface area contributed by atoms with Crippen molar-refractivity contribution in [2.45, 2.75) is 31.2 Å². The van der Waals surface area contributed by atoms with E-state index in [9.17, 15) is 9.00 Å². The molecule has 2 saturated heterocycles. The van der Waals surface area contributed by atoms with Crippen molar-refractivity contribution in [2.75, 3.05) is 18.1 Å². The van der Waals surface area contributed by atoms with Crippen LogP contribution in [0.4, 0.5) is 0 Å². The highest BCUT2D eigenvalue weighted by Crippen LogP contribution is 2.32. The van der Waals surface area contributed by atoms with Crippen molar-refractivity contribution in [3.05, 3.63) is 24.0 Å². The number of pyridine rings is 1. The first-order valence-electron chi connectivity index (χ1n) is 8.28. The highest BCUT2D eigenvalue weighted by molar-refractivity contribution is 7.94. The number of aromatic nitrogens is 3. The van der Waals surface area contributed by atoms with Crippen molar-refractivity contribution in [3.63, 3.8) is 0 Å². The predicted molar refractivity (Wildman–Crippen MR) is 92.3 cm³/mol. The van der Waals surface area contributed by atoms with Gasteiger partial charge in [-0.3, -0.25) is 9.48 Å². The van der Waals surface area contributed by atoms with Crippen LogP contribution in [0.25, 0.3) is 11.0 Å². The maximum Gasteiger partial charge on any atom is 0.286 e. The lowest BCUT2D eigenvalue weighted by atomic mass is 9.94. The van der Waals surface area contributed by atoms with Crippen LogP contribution in [-0.4, -0.2) is 48.5 Å². The van der Waals surface area contributed by atoms with E-state index in [4.69, 9.17) is 0 Å². The first-order valence-corrected chi connectivity index (χ1v) is 10.1. The molecule has 4 rings (SSSR count). The van der Waals surface area contributed by atoms with E-state index in [1.807, 2.05) is 0 Å². The second-order valence-electron chi connectivity index (χ2n) is 6.84. The van der Waals surface area contributed by atoms with Gasteiger partial charge in [-0.05, 0) is 38.3 Å². The minimum Gasteiger partial charge on any atom is -0.310 e. The molecule has 7 nitrogen and oxygen atoms in total. The van der Waals surface area contributed by atoms with Crippen LogP contribution in [-0.2, 0) is 16.8 Å². The first-order chi connectivity index (χ1) is 11.5. The molecule has 0 bridgehead atoms. The normalized spacial score (nSPS) is 30.0. The summed E-state index contributed by atoms with van der Waals surface area (Å²) in [6.07, 6.45) is 7.16. The number of carbonyl (C=O) groups is 1. The molecule has 0 saturated carbocycles. The van der Waals surface area contributed by atoms with Gasteiger partial charge in [0.15, 0.2) is 5.65 Å². The van der Waals surface area contributed by atoms with Gasteiger partial charge in [0.25, 0.3) is 5.91 Å². The molecule has 2 aliphatic rings. The van der Waals surface area contributed by atoms with Crippen LogP contribution in [0.3, 0.4) is 0 Å². The molecule has 0 aliphatic carbocycles. The molecule has 2 atom stereocenters. The number of hydrogen-bond acceptors (Lipinski definition) is 5. The molecule has 8 heteroatoms. The van der Waals surface area contributed by atoms with Crippen LogP contribution in [0.5, 0.6) is 0 Å². The van der Waals surface area contributed by atoms with Gasteiger partial charge in [-0.15, -0.1) is 0 Å². The Morgan fingerprint density at radius 3 is 3.00 bits per heavy atom. The van der Waals surface area contributed by atoms with Gasteiger partial charge < -0.3 is 5.32 Å². The lowest BCUT2D eigenvalue weighted by molar-refractivity contribution is 0.100. The summed E-state index contributed by atoms with van der Waals surface area (Å²) in [4.78, 5) is 16.8. The van der Waals surface area contributed by atoms with Gasteiger partial charge in [-0.25, -0.2) is 9.19 Å². The molecule has 2 unspecified atom stereocenters. The Bertz CT molecular complexity index is 920. The molecule has 0 radical (unpaired) electrons. The molecule has 1 N–H and O–H groups in total. The third-order valence-corrected chi connectivity index (χ3v) is 7.45. The van der Waals surface area contributed by atoms with Crippen LogP contribution >= 0.6 is 0 Å². The maximum absolute atomic E-state index is 13.2. The lowest BCUT2D eigenvalue weighted by Gasteiger charge is -2.35. The van der Waals surface area contributed by atoms with Crippen molar-refractivity contribution in [1.29, 1.82) is 0 Å². The molecular weight excluding hydrogens is 326 g/mol. The highest BCUT2D eigenvalue weighted by atomic mass is 32.2. The molecule has 2 aromatic heterocycles. The summed E-state index contributed by atoms with van der Waals surface area (Å²) in [6.45, 7) is 0.963. The highest BCUT2D eigenvalue weighted by Gasteiger charge is 2.40. The van der Waals surface area contributed by atoms with Gasteiger partial charge in [-0.2, -0.15) is 9.46 Å². The Hall–Kier alpha value is -1.80. The molecule has 24 heavy (non-hydrogen) atoms. The van der Waals surface area contributed by atoms with E-state index in [1.165, 1.54) is 6.20 Å². The van der Waals surface area contributed by atoms with E-state index in [-0.39, 0.29) is 5.54 Å². The second-order valence-corrected chi connectivity index (χ2v) is 9.26. The van der Waals surface area contributed by atoms with Crippen LogP contribution in [0.1, 0.15) is 36.0 Å². The number of carbonyl (C=O) groups excluding carboxylic acids is 1. The van der Waals surface area contributed by atoms with E-state index in [2.05, 4.69) is 19.8 Å². The van der Waals surface area contributed by atoms with Gasteiger partial charge in [0, 0.05) is 29.9 Å². The largest absolute Gasteiger partial charge is 0.310 e. The molecular formula is C16H21N5O2S. The third-order valence-electron chi connectivity index (χ3n) is 5.02. The van der Waals surface area contributed by atoms with E-state index in [0.29, 0.717) is 22.7 Å². The molecule has 128 valence electrons. The maximum atomic E-state index is 13.2. The standard InChI is InChI=1S/C16H21N5O2S/c1-21-14-12(10-19-21)8-13(9-17-14)15(22)20-24(23)7-3-5-16(11-24)4-2-6-18-16/h8-10,18H,2-7,11H2,1H3. The van der Waals surface area contributed by atoms with Gasteiger partial charge in [0.2, 0.25) is 0 Å². The van der Waals surface area contributed by atoms with Crippen LogP contribution in [0.15, 0.2) is 22.8 Å². The van der Waals surface area contributed by atoms with Crippen LogP contribution in [0.2, 0.25) is 0 Å². The molecule has 2 aromatic rings. The SMILES string of the molecule is Cn1ncc2cc(C(=O)N=S3(=O)CCCC4(CCCN4)C3)cnc21. The molecule has 4 heterocycles. The minimum atomic E-state index is -2.51. The van der Waals surface area contributed by atoms with Crippen molar-refractivity contribution in [3.8, 4) is 0 Å². The Kier molecular flexibility index (Phi) is 3.69. The third kappa shape index (κ3) is 2.73. The molecule has 2 aliphatic heterocycles. The van der Waals surface area contributed by atoms with Gasteiger partial charge in [-0.1, -0.05) is 0 Å². The zero-order chi connectivity index (χ0) is 16.8. The Labute approximate surface area is 141 Å². The Morgan fingerprint density at radius 1 is 1.38 bits per heavy atom. The van der Waals surface area contributed by atoms with Gasteiger partial charge >= 0.3 is 0 Å². The number of nitrogens with zero attached hydrogens (tertiary/aromatic N) is 4. The van der Waals surface area contributed by atoms with Crippen LogP contribution < -0.4 is 5.32 Å². The number of aryl methyl sites for hydroxylation is 1.